The predicted molar refractivity (Wildman–Crippen MR) is 68.0 cm³/mol. The van der Waals surface area contributed by atoms with Crippen molar-refractivity contribution in [1.82, 2.24) is 4.90 Å². The molecule has 1 nitrogen and oxygen atoms in total. The minimum atomic E-state index is 0.978. The first-order chi connectivity index (χ1) is 7.35. The summed E-state index contributed by atoms with van der Waals surface area (Å²) < 4.78 is 0. The third kappa shape index (κ3) is 9.31. The fraction of sp³-hybridized carbons (Fsp3) is 0.571. The number of rotatable bonds is 7. The van der Waals surface area contributed by atoms with Crippen LogP contribution in [0.4, 0.5) is 0 Å². The van der Waals surface area contributed by atoms with E-state index in [4.69, 9.17) is 0 Å². The molecule has 0 atom stereocenters. The zero-order chi connectivity index (χ0) is 11.4. The summed E-state index contributed by atoms with van der Waals surface area (Å²) in [5.41, 5.74) is 6.22. The van der Waals surface area contributed by atoms with Gasteiger partial charge in [-0.05, 0) is 51.1 Å². The molecule has 0 aliphatic heterocycles. The van der Waals surface area contributed by atoms with Crippen LogP contribution in [0.15, 0.2) is 35.8 Å². The van der Waals surface area contributed by atoms with Crippen LogP contribution in [0.5, 0.6) is 0 Å². The van der Waals surface area contributed by atoms with E-state index in [1.165, 1.54) is 12.8 Å². The van der Waals surface area contributed by atoms with Crippen LogP contribution in [-0.4, -0.2) is 24.5 Å². The molecule has 0 aliphatic carbocycles. The molecule has 1 heteroatoms. The zero-order valence-electron chi connectivity index (χ0n) is 10.3. The molecule has 84 valence electrons. The SMILES string of the molecule is CC=C=CCN(CC=C=CC)CCCC. The molecule has 0 rings (SSSR count). The lowest BCUT2D eigenvalue weighted by molar-refractivity contribution is 0.329. The first kappa shape index (κ1) is 14.0. The second kappa shape index (κ2) is 11.1. The van der Waals surface area contributed by atoms with Crippen molar-refractivity contribution in [2.45, 2.75) is 33.6 Å². The number of nitrogens with zero attached hydrogens (tertiary/aromatic N) is 1. The summed E-state index contributed by atoms with van der Waals surface area (Å²) in [5, 5.41) is 0. The van der Waals surface area contributed by atoms with Gasteiger partial charge < -0.3 is 0 Å². The summed E-state index contributed by atoms with van der Waals surface area (Å²) in [5.74, 6) is 0. The Morgan fingerprint density at radius 2 is 1.53 bits per heavy atom. The summed E-state index contributed by atoms with van der Waals surface area (Å²) in [4.78, 5) is 2.40. The van der Waals surface area contributed by atoms with Gasteiger partial charge in [0, 0.05) is 13.1 Å². The van der Waals surface area contributed by atoms with Gasteiger partial charge in [0.15, 0.2) is 0 Å². The van der Waals surface area contributed by atoms with Gasteiger partial charge in [0.05, 0.1) is 0 Å². The van der Waals surface area contributed by atoms with E-state index >= 15 is 0 Å². The average Bonchev–Trinajstić information content (AvgIpc) is 2.25. The number of hydrogen-bond donors (Lipinski definition) is 0. The molecule has 0 aliphatic rings. The third-order valence-corrected chi connectivity index (χ3v) is 2.10. The molecule has 0 spiro atoms. The minimum Gasteiger partial charge on any atom is -0.295 e. The maximum atomic E-state index is 3.11. The highest BCUT2D eigenvalue weighted by molar-refractivity contribution is 4.89. The molecule has 0 heterocycles. The van der Waals surface area contributed by atoms with Crippen molar-refractivity contribution in [3.05, 3.63) is 35.8 Å². The van der Waals surface area contributed by atoms with E-state index in [1.54, 1.807) is 0 Å². The van der Waals surface area contributed by atoms with Crippen LogP contribution in [0.2, 0.25) is 0 Å². The Kier molecular flexibility index (Phi) is 10.3. The third-order valence-electron chi connectivity index (χ3n) is 2.10. The van der Waals surface area contributed by atoms with E-state index in [2.05, 4.69) is 35.4 Å². The van der Waals surface area contributed by atoms with E-state index in [0.29, 0.717) is 0 Å². The van der Waals surface area contributed by atoms with Gasteiger partial charge in [0.1, 0.15) is 0 Å². The van der Waals surface area contributed by atoms with Gasteiger partial charge in [-0.15, -0.1) is 11.5 Å². The first-order valence-electron chi connectivity index (χ1n) is 5.78. The maximum Gasteiger partial charge on any atom is 0.0241 e. The van der Waals surface area contributed by atoms with Gasteiger partial charge in [0.25, 0.3) is 0 Å². The molecule has 0 aromatic carbocycles. The van der Waals surface area contributed by atoms with E-state index in [0.717, 1.165) is 19.6 Å². The molecular formula is C14H23N. The largest absolute Gasteiger partial charge is 0.295 e. The average molecular weight is 205 g/mol. The number of hydrogen-bond acceptors (Lipinski definition) is 1. The molecule has 0 radical (unpaired) electrons. The number of unbranched alkanes of at least 4 members (excludes halogenated alkanes) is 1. The molecule has 0 bridgehead atoms. The quantitative estimate of drug-likeness (QED) is 0.574. The zero-order valence-corrected chi connectivity index (χ0v) is 10.3. The van der Waals surface area contributed by atoms with Crippen molar-refractivity contribution in [2.24, 2.45) is 0 Å². The lowest BCUT2D eigenvalue weighted by Gasteiger charge is -2.17. The lowest BCUT2D eigenvalue weighted by atomic mass is 10.3. The van der Waals surface area contributed by atoms with Gasteiger partial charge in [-0.25, -0.2) is 0 Å². The Balaban J connectivity index is 4.05. The van der Waals surface area contributed by atoms with Crippen molar-refractivity contribution in [1.29, 1.82) is 0 Å². The summed E-state index contributed by atoms with van der Waals surface area (Å²) >= 11 is 0. The molecule has 0 aromatic rings. The Labute approximate surface area is 94.5 Å². The van der Waals surface area contributed by atoms with Crippen LogP contribution < -0.4 is 0 Å². The topological polar surface area (TPSA) is 3.24 Å². The molecule has 0 amide bonds. The molecule has 0 fully saturated rings. The van der Waals surface area contributed by atoms with Crippen molar-refractivity contribution >= 4 is 0 Å². The van der Waals surface area contributed by atoms with Crippen molar-refractivity contribution in [3.8, 4) is 0 Å². The van der Waals surface area contributed by atoms with Crippen LogP contribution in [0.25, 0.3) is 0 Å². The van der Waals surface area contributed by atoms with E-state index in [-0.39, 0.29) is 0 Å². The van der Waals surface area contributed by atoms with Crippen molar-refractivity contribution < 1.29 is 0 Å². The molecule has 0 saturated heterocycles. The molecule has 0 saturated carbocycles. The summed E-state index contributed by atoms with van der Waals surface area (Å²) in [6.45, 7) is 9.32. The van der Waals surface area contributed by atoms with Crippen molar-refractivity contribution in [2.75, 3.05) is 19.6 Å². The van der Waals surface area contributed by atoms with Gasteiger partial charge in [0.2, 0.25) is 0 Å². The highest BCUT2D eigenvalue weighted by Crippen LogP contribution is 1.95. The first-order valence-corrected chi connectivity index (χ1v) is 5.78. The van der Waals surface area contributed by atoms with E-state index in [1.807, 2.05) is 26.0 Å². The second-order valence-corrected chi connectivity index (χ2v) is 3.43. The summed E-state index contributed by atoms with van der Waals surface area (Å²) in [7, 11) is 0. The molecule has 0 unspecified atom stereocenters. The highest BCUT2D eigenvalue weighted by Gasteiger charge is 1.98. The highest BCUT2D eigenvalue weighted by atomic mass is 15.1. The van der Waals surface area contributed by atoms with Crippen LogP contribution in [0, 0.1) is 0 Å². The molecule has 0 aromatic heterocycles. The maximum absolute atomic E-state index is 3.11. The van der Waals surface area contributed by atoms with Gasteiger partial charge in [-0.1, -0.05) is 13.3 Å². The normalized spacial score (nSPS) is 9.07. The summed E-state index contributed by atoms with van der Waals surface area (Å²) in [6.07, 6.45) is 10.6. The smallest absolute Gasteiger partial charge is 0.0241 e. The lowest BCUT2D eigenvalue weighted by Crippen LogP contribution is -2.24. The molecule has 0 N–H and O–H groups in total. The molecule has 15 heavy (non-hydrogen) atoms. The van der Waals surface area contributed by atoms with E-state index < -0.39 is 0 Å². The Hall–Kier alpha value is -1.00. The minimum absolute atomic E-state index is 0.978. The van der Waals surface area contributed by atoms with Gasteiger partial charge in [-0.3, -0.25) is 4.90 Å². The monoisotopic (exact) mass is 205 g/mol. The van der Waals surface area contributed by atoms with Crippen molar-refractivity contribution in [3.63, 3.8) is 0 Å². The van der Waals surface area contributed by atoms with Gasteiger partial charge >= 0.3 is 0 Å². The van der Waals surface area contributed by atoms with Crippen LogP contribution >= 0.6 is 0 Å². The van der Waals surface area contributed by atoms with Crippen LogP contribution in [0.3, 0.4) is 0 Å². The van der Waals surface area contributed by atoms with E-state index in [9.17, 15) is 0 Å². The fourth-order valence-corrected chi connectivity index (χ4v) is 1.24. The Morgan fingerprint density at radius 1 is 1.00 bits per heavy atom. The fourth-order valence-electron chi connectivity index (χ4n) is 1.24. The van der Waals surface area contributed by atoms with Crippen LogP contribution in [-0.2, 0) is 0 Å². The van der Waals surface area contributed by atoms with Crippen LogP contribution in [0.1, 0.15) is 33.6 Å². The standard InChI is InChI=1S/C14H23N/c1-4-7-10-13-15(12-9-6-3)14-11-8-5-2/h4-5,10-11H,6,9,12-14H2,1-3H3. The summed E-state index contributed by atoms with van der Waals surface area (Å²) in [6, 6.07) is 0. The Bertz CT molecular complexity index is 227. The van der Waals surface area contributed by atoms with Gasteiger partial charge in [-0.2, -0.15) is 0 Å². The Morgan fingerprint density at radius 3 is 1.93 bits per heavy atom. The second-order valence-electron chi connectivity index (χ2n) is 3.43. The molecular weight excluding hydrogens is 182 g/mol. The predicted octanol–water partition coefficient (Wildman–Crippen LogP) is 3.55.